The second-order valence-corrected chi connectivity index (χ2v) is 10.8. The summed E-state index contributed by atoms with van der Waals surface area (Å²) in [5, 5.41) is 0. The van der Waals surface area contributed by atoms with Gasteiger partial charge in [0, 0.05) is 0 Å². The van der Waals surface area contributed by atoms with Crippen molar-refractivity contribution < 1.29 is 0 Å². The summed E-state index contributed by atoms with van der Waals surface area (Å²) in [4.78, 5) is 0. The van der Waals surface area contributed by atoms with Crippen LogP contribution in [0, 0.1) is 0 Å². The molecule has 0 fully saturated rings. The maximum Gasteiger partial charge on any atom is -0.00992 e. The Morgan fingerprint density at radius 1 is 0.375 bits per heavy atom. The molecule has 0 saturated heterocycles. The van der Waals surface area contributed by atoms with Crippen LogP contribution in [0.4, 0.5) is 0 Å². The van der Waals surface area contributed by atoms with Crippen LogP contribution in [0.15, 0.2) is 97.1 Å². The smallest absolute Gasteiger partial charge is 0.00992 e. The first-order valence-corrected chi connectivity index (χ1v) is 11.5. The normalized spacial score (nSPS) is 12.1. The quantitative estimate of drug-likeness (QED) is 0.311. The van der Waals surface area contributed by atoms with E-state index in [2.05, 4.69) is 139 Å². The molecule has 0 radical (unpaired) electrons. The van der Waals surface area contributed by atoms with Gasteiger partial charge in [0.05, 0.1) is 0 Å². The van der Waals surface area contributed by atoms with Crippen molar-refractivity contribution in [1.29, 1.82) is 0 Å². The van der Waals surface area contributed by atoms with Crippen molar-refractivity contribution in [3.63, 3.8) is 0 Å². The topological polar surface area (TPSA) is 0 Å². The van der Waals surface area contributed by atoms with E-state index in [1.165, 1.54) is 44.5 Å². The van der Waals surface area contributed by atoms with Gasteiger partial charge in [0.1, 0.15) is 0 Å². The molecular weight excluding hydrogens is 384 g/mol. The van der Waals surface area contributed by atoms with Gasteiger partial charge in [0.15, 0.2) is 0 Å². The van der Waals surface area contributed by atoms with Crippen molar-refractivity contribution in [3.8, 4) is 33.4 Å². The van der Waals surface area contributed by atoms with Crippen molar-refractivity contribution in [2.75, 3.05) is 0 Å². The number of hydrogen-bond donors (Lipinski definition) is 0. The molecule has 0 nitrogen and oxygen atoms in total. The Morgan fingerprint density at radius 2 is 0.812 bits per heavy atom. The minimum absolute atomic E-state index is 0.157. The van der Waals surface area contributed by atoms with Gasteiger partial charge in [0.25, 0.3) is 0 Å². The average Bonchev–Trinajstić information content (AvgIpc) is 2.78. The zero-order chi connectivity index (χ0) is 22.9. The van der Waals surface area contributed by atoms with Crippen molar-refractivity contribution in [2.45, 2.75) is 52.4 Å². The lowest BCUT2D eigenvalue weighted by Crippen LogP contribution is -2.10. The fraction of sp³-hybridized carbons (Fsp3) is 0.250. The summed E-state index contributed by atoms with van der Waals surface area (Å²) in [6, 6.07) is 35.7. The first-order chi connectivity index (χ1) is 15.1. The molecule has 4 aromatic carbocycles. The summed E-state index contributed by atoms with van der Waals surface area (Å²) in [5.74, 6) is 0. The fourth-order valence-corrected chi connectivity index (χ4v) is 4.14. The van der Waals surface area contributed by atoms with Crippen LogP contribution in [0.3, 0.4) is 0 Å². The third-order valence-electron chi connectivity index (χ3n) is 6.25. The molecule has 4 rings (SSSR count). The highest BCUT2D eigenvalue weighted by Crippen LogP contribution is 2.37. The zero-order valence-electron chi connectivity index (χ0n) is 20.2. The lowest BCUT2D eigenvalue weighted by atomic mass is 9.84. The van der Waals surface area contributed by atoms with Gasteiger partial charge in [-0.15, -0.1) is 0 Å². The summed E-state index contributed by atoms with van der Waals surface area (Å²) < 4.78 is 0. The summed E-state index contributed by atoms with van der Waals surface area (Å²) in [5.41, 5.74) is 10.6. The Labute approximate surface area is 194 Å². The maximum absolute atomic E-state index is 2.34. The Kier molecular flexibility index (Phi) is 5.82. The average molecular weight is 419 g/mol. The molecule has 0 aliphatic heterocycles. The Hall–Kier alpha value is -3.12. The van der Waals surface area contributed by atoms with E-state index < -0.39 is 0 Å². The van der Waals surface area contributed by atoms with Crippen LogP contribution >= 0.6 is 0 Å². The van der Waals surface area contributed by atoms with E-state index >= 15 is 0 Å². The van der Waals surface area contributed by atoms with Crippen molar-refractivity contribution in [1.82, 2.24) is 0 Å². The Bertz CT molecular complexity index is 1180. The van der Waals surface area contributed by atoms with Gasteiger partial charge in [-0.3, -0.25) is 0 Å². The number of rotatable bonds is 3. The van der Waals surface area contributed by atoms with E-state index in [-0.39, 0.29) is 10.8 Å². The first-order valence-electron chi connectivity index (χ1n) is 11.5. The van der Waals surface area contributed by atoms with Gasteiger partial charge in [-0.1, -0.05) is 133 Å². The monoisotopic (exact) mass is 418 g/mol. The Balaban J connectivity index is 1.80. The molecule has 0 aliphatic carbocycles. The predicted octanol–water partition coefficient (Wildman–Crippen LogP) is 9.28. The molecule has 162 valence electrons. The molecule has 0 bridgehead atoms. The van der Waals surface area contributed by atoms with Crippen LogP contribution in [0.25, 0.3) is 33.4 Å². The van der Waals surface area contributed by atoms with E-state index in [9.17, 15) is 0 Å². The molecule has 0 heterocycles. The lowest BCUT2D eigenvalue weighted by molar-refractivity contribution is 0.590. The number of benzene rings is 4. The zero-order valence-corrected chi connectivity index (χ0v) is 20.2. The van der Waals surface area contributed by atoms with Gasteiger partial charge in [0.2, 0.25) is 0 Å². The van der Waals surface area contributed by atoms with E-state index in [1.807, 2.05) is 0 Å². The molecule has 0 atom stereocenters. The van der Waals surface area contributed by atoms with E-state index in [4.69, 9.17) is 0 Å². The van der Waals surface area contributed by atoms with Gasteiger partial charge in [-0.05, 0) is 61.4 Å². The van der Waals surface area contributed by atoms with Crippen LogP contribution < -0.4 is 0 Å². The third-order valence-corrected chi connectivity index (χ3v) is 6.25. The lowest BCUT2D eigenvalue weighted by Gasteiger charge is -2.20. The summed E-state index contributed by atoms with van der Waals surface area (Å²) in [6.07, 6.45) is 0. The molecular formula is C32H34. The maximum atomic E-state index is 2.34. The highest BCUT2D eigenvalue weighted by molar-refractivity contribution is 5.87. The largest absolute Gasteiger partial charge is 0.0622 e. The second kappa shape index (κ2) is 8.43. The van der Waals surface area contributed by atoms with Gasteiger partial charge < -0.3 is 0 Å². The van der Waals surface area contributed by atoms with Crippen molar-refractivity contribution >= 4 is 0 Å². The highest BCUT2D eigenvalue weighted by Gasteiger charge is 2.16. The molecule has 0 aromatic heterocycles. The van der Waals surface area contributed by atoms with Gasteiger partial charge in [-0.2, -0.15) is 0 Å². The van der Waals surface area contributed by atoms with Crippen LogP contribution in [-0.2, 0) is 10.8 Å². The molecule has 0 heteroatoms. The molecule has 0 unspecified atom stereocenters. The second-order valence-electron chi connectivity index (χ2n) is 10.8. The highest BCUT2D eigenvalue weighted by atomic mass is 14.2. The van der Waals surface area contributed by atoms with Crippen molar-refractivity contribution in [2.24, 2.45) is 0 Å². The van der Waals surface area contributed by atoms with Gasteiger partial charge in [-0.25, -0.2) is 0 Å². The minimum Gasteiger partial charge on any atom is -0.0622 e. The summed E-state index contributed by atoms with van der Waals surface area (Å²) >= 11 is 0. The molecule has 4 aromatic rings. The van der Waals surface area contributed by atoms with E-state index in [0.717, 1.165) is 0 Å². The molecule has 0 N–H and O–H groups in total. The minimum atomic E-state index is 0.157. The first kappa shape index (κ1) is 22.1. The molecule has 32 heavy (non-hydrogen) atoms. The van der Waals surface area contributed by atoms with E-state index in [0.29, 0.717) is 0 Å². The molecule has 0 amide bonds. The van der Waals surface area contributed by atoms with Crippen molar-refractivity contribution in [3.05, 3.63) is 108 Å². The van der Waals surface area contributed by atoms with Crippen LogP contribution in [-0.4, -0.2) is 0 Å². The van der Waals surface area contributed by atoms with Crippen LogP contribution in [0.2, 0.25) is 0 Å². The fourth-order valence-electron chi connectivity index (χ4n) is 4.14. The molecule has 0 saturated carbocycles. The van der Waals surface area contributed by atoms with Gasteiger partial charge >= 0.3 is 0 Å². The SMILES string of the molecule is CC(C)(C)c1ccc(-c2ccc(-c3ccc(C(C)(C)C)cc3)c(-c3ccccc3)c2)cc1. The Morgan fingerprint density at radius 3 is 1.31 bits per heavy atom. The standard InChI is InChI=1S/C32H34/c1-31(2,3)27-17-12-23(13-18-27)26-16-21-29(30(22-26)24-10-8-7-9-11-24)25-14-19-28(20-15-25)32(4,5)6/h7-22H,1-6H3. The molecule has 0 spiro atoms. The predicted molar refractivity (Wildman–Crippen MR) is 140 cm³/mol. The third kappa shape index (κ3) is 4.70. The summed E-state index contributed by atoms with van der Waals surface area (Å²) in [6.45, 7) is 13.6. The summed E-state index contributed by atoms with van der Waals surface area (Å²) in [7, 11) is 0. The van der Waals surface area contributed by atoms with E-state index in [1.54, 1.807) is 0 Å². The number of hydrogen-bond acceptors (Lipinski definition) is 0. The molecule has 0 aliphatic rings. The van der Waals surface area contributed by atoms with Crippen LogP contribution in [0.1, 0.15) is 52.7 Å². The van der Waals surface area contributed by atoms with Crippen LogP contribution in [0.5, 0.6) is 0 Å².